The Morgan fingerprint density at radius 3 is 2.57 bits per heavy atom. The van der Waals surface area contributed by atoms with Gasteiger partial charge in [-0.1, -0.05) is 19.3 Å². The van der Waals surface area contributed by atoms with Gasteiger partial charge in [-0.2, -0.15) is 0 Å². The van der Waals surface area contributed by atoms with Crippen LogP contribution in [0.3, 0.4) is 0 Å². The van der Waals surface area contributed by atoms with Crippen molar-refractivity contribution >= 4 is 12.0 Å². The molecule has 0 aromatic heterocycles. The van der Waals surface area contributed by atoms with Crippen LogP contribution >= 0.6 is 0 Å². The summed E-state index contributed by atoms with van der Waals surface area (Å²) >= 11 is 0. The number of carboxylic acid groups (broad SMARTS) is 1. The van der Waals surface area contributed by atoms with E-state index in [2.05, 4.69) is 5.32 Å². The maximum absolute atomic E-state index is 12.5. The molecule has 0 aromatic carbocycles. The van der Waals surface area contributed by atoms with Gasteiger partial charge in [0.1, 0.15) is 5.41 Å². The molecule has 0 spiro atoms. The lowest BCUT2D eigenvalue weighted by Crippen LogP contribution is -2.55. The van der Waals surface area contributed by atoms with E-state index in [1.54, 1.807) is 6.92 Å². The Morgan fingerprint density at radius 2 is 2.00 bits per heavy atom. The van der Waals surface area contributed by atoms with Crippen LogP contribution in [-0.2, 0) is 9.53 Å². The Balaban J connectivity index is 2.00. The number of carboxylic acids is 1. The van der Waals surface area contributed by atoms with E-state index in [9.17, 15) is 14.7 Å². The van der Waals surface area contributed by atoms with E-state index in [4.69, 9.17) is 4.74 Å². The number of hydrogen-bond donors (Lipinski definition) is 2. The van der Waals surface area contributed by atoms with Gasteiger partial charge in [-0.05, 0) is 26.7 Å². The van der Waals surface area contributed by atoms with E-state index < -0.39 is 17.4 Å². The van der Waals surface area contributed by atoms with E-state index in [0.717, 1.165) is 25.7 Å². The second-order valence-corrected chi connectivity index (χ2v) is 6.32. The number of rotatable bonds is 4. The first-order valence-corrected chi connectivity index (χ1v) is 7.87. The maximum Gasteiger partial charge on any atom is 0.317 e. The standard InChI is InChI=1S/C15H26N2O4/c1-3-17(11-7-5-4-6-8-11)14(20)16-12-9-21-10-15(12,2)13(18)19/h11-12H,3-10H2,1-2H3,(H,16,20)(H,18,19). The fourth-order valence-electron chi connectivity index (χ4n) is 3.28. The third kappa shape index (κ3) is 3.31. The molecular weight excluding hydrogens is 272 g/mol. The zero-order valence-corrected chi connectivity index (χ0v) is 12.9. The van der Waals surface area contributed by atoms with Gasteiger partial charge in [-0.3, -0.25) is 4.79 Å². The molecule has 2 fully saturated rings. The van der Waals surface area contributed by atoms with Gasteiger partial charge < -0.3 is 20.1 Å². The highest BCUT2D eigenvalue weighted by atomic mass is 16.5. The molecule has 2 rings (SSSR count). The summed E-state index contributed by atoms with van der Waals surface area (Å²) in [6.45, 7) is 4.65. The largest absolute Gasteiger partial charge is 0.481 e. The van der Waals surface area contributed by atoms with Gasteiger partial charge in [-0.15, -0.1) is 0 Å². The second kappa shape index (κ2) is 6.64. The summed E-state index contributed by atoms with van der Waals surface area (Å²) < 4.78 is 5.28. The molecule has 120 valence electrons. The van der Waals surface area contributed by atoms with Crippen LogP contribution in [0, 0.1) is 5.41 Å². The van der Waals surface area contributed by atoms with Crippen molar-refractivity contribution in [1.29, 1.82) is 0 Å². The van der Waals surface area contributed by atoms with E-state index in [0.29, 0.717) is 6.54 Å². The van der Waals surface area contributed by atoms with Crippen molar-refractivity contribution in [2.45, 2.75) is 58.0 Å². The van der Waals surface area contributed by atoms with Crippen molar-refractivity contribution in [3.05, 3.63) is 0 Å². The van der Waals surface area contributed by atoms with E-state index in [-0.39, 0.29) is 25.3 Å². The zero-order chi connectivity index (χ0) is 15.5. The normalized spacial score (nSPS) is 30.1. The Kier molecular flexibility index (Phi) is 5.08. The lowest BCUT2D eigenvalue weighted by atomic mass is 9.85. The Labute approximate surface area is 125 Å². The maximum atomic E-state index is 12.5. The Morgan fingerprint density at radius 1 is 1.33 bits per heavy atom. The Bertz CT molecular complexity index is 395. The van der Waals surface area contributed by atoms with Crippen LogP contribution in [0.2, 0.25) is 0 Å². The van der Waals surface area contributed by atoms with E-state index >= 15 is 0 Å². The van der Waals surface area contributed by atoms with Gasteiger partial charge in [-0.25, -0.2) is 4.79 Å². The van der Waals surface area contributed by atoms with Crippen LogP contribution in [0.15, 0.2) is 0 Å². The van der Waals surface area contributed by atoms with Gasteiger partial charge in [0.25, 0.3) is 0 Å². The van der Waals surface area contributed by atoms with Crippen LogP contribution in [0.1, 0.15) is 46.0 Å². The molecule has 2 N–H and O–H groups in total. The average Bonchev–Trinajstić information content (AvgIpc) is 2.83. The molecule has 2 amide bonds. The fourth-order valence-corrected chi connectivity index (χ4v) is 3.28. The van der Waals surface area contributed by atoms with Gasteiger partial charge in [0.05, 0.1) is 19.3 Å². The number of carbonyl (C=O) groups is 2. The van der Waals surface area contributed by atoms with E-state index in [1.165, 1.54) is 6.42 Å². The molecule has 1 aliphatic heterocycles. The number of aliphatic carboxylic acids is 1. The summed E-state index contributed by atoms with van der Waals surface area (Å²) in [7, 11) is 0. The predicted molar refractivity (Wildman–Crippen MR) is 78.1 cm³/mol. The number of ether oxygens (including phenoxy) is 1. The van der Waals surface area contributed by atoms with Crippen LogP contribution in [0.25, 0.3) is 0 Å². The van der Waals surface area contributed by atoms with Crippen molar-refractivity contribution in [1.82, 2.24) is 10.2 Å². The average molecular weight is 298 g/mol. The fraction of sp³-hybridized carbons (Fsp3) is 0.867. The molecule has 1 heterocycles. The minimum Gasteiger partial charge on any atom is -0.481 e. The predicted octanol–water partition coefficient (Wildman–Crippen LogP) is 1.84. The first-order valence-electron chi connectivity index (χ1n) is 7.87. The molecule has 0 aromatic rings. The van der Waals surface area contributed by atoms with Crippen molar-refractivity contribution in [3.63, 3.8) is 0 Å². The molecule has 1 saturated carbocycles. The first-order chi connectivity index (χ1) is 9.99. The van der Waals surface area contributed by atoms with Crippen LogP contribution in [0.4, 0.5) is 4.79 Å². The van der Waals surface area contributed by atoms with Crippen molar-refractivity contribution in [2.75, 3.05) is 19.8 Å². The minimum atomic E-state index is -1.04. The molecule has 2 aliphatic rings. The topological polar surface area (TPSA) is 78.9 Å². The summed E-state index contributed by atoms with van der Waals surface area (Å²) in [5, 5.41) is 12.2. The third-order valence-corrected chi connectivity index (χ3v) is 4.86. The monoisotopic (exact) mass is 298 g/mol. The molecule has 2 atom stereocenters. The number of hydrogen-bond acceptors (Lipinski definition) is 3. The van der Waals surface area contributed by atoms with E-state index in [1.807, 2.05) is 11.8 Å². The molecular formula is C15H26N2O4. The number of amides is 2. The number of carbonyl (C=O) groups excluding carboxylic acids is 1. The van der Waals surface area contributed by atoms with Gasteiger partial charge in [0.2, 0.25) is 0 Å². The number of nitrogens with one attached hydrogen (secondary N) is 1. The SMILES string of the molecule is CCN(C(=O)NC1COCC1(C)C(=O)O)C1CCCCC1. The lowest BCUT2D eigenvalue weighted by Gasteiger charge is -2.35. The molecule has 21 heavy (non-hydrogen) atoms. The summed E-state index contributed by atoms with van der Waals surface area (Å²) in [5.74, 6) is -0.925. The molecule has 6 nitrogen and oxygen atoms in total. The quantitative estimate of drug-likeness (QED) is 0.830. The smallest absolute Gasteiger partial charge is 0.317 e. The van der Waals surface area contributed by atoms with Crippen LogP contribution in [-0.4, -0.2) is 53.8 Å². The molecule has 2 unspecified atom stereocenters. The highest BCUT2D eigenvalue weighted by Gasteiger charge is 2.47. The summed E-state index contributed by atoms with van der Waals surface area (Å²) in [6, 6.07) is -0.352. The van der Waals surface area contributed by atoms with Crippen LogP contribution in [0.5, 0.6) is 0 Å². The zero-order valence-electron chi connectivity index (χ0n) is 12.9. The molecule has 1 saturated heterocycles. The summed E-state index contributed by atoms with van der Waals surface area (Å²) in [4.78, 5) is 25.8. The highest BCUT2D eigenvalue weighted by molar-refractivity contribution is 5.79. The van der Waals surface area contributed by atoms with Crippen molar-refractivity contribution < 1.29 is 19.4 Å². The van der Waals surface area contributed by atoms with Gasteiger partial charge in [0.15, 0.2) is 0 Å². The number of nitrogens with zero attached hydrogens (tertiary/aromatic N) is 1. The third-order valence-electron chi connectivity index (χ3n) is 4.86. The summed E-state index contributed by atoms with van der Waals surface area (Å²) in [6.07, 6.45) is 5.64. The Hall–Kier alpha value is -1.30. The summed E-state index contributed by atoms with van der Waals surface area (Å²) in [5.41, 5.74) is -1.04. The van der Waals surface area contributed by atoms with Gasteiger partial charge >= 0.3 is 12.0 Å². The van der Waals surface area contributed by atoms with Crippen molar-refractivity contribution in [3.8, 4) is 0 Å². The highest BCUT2D eigenvalue weighted by Crippen LogP contribution is 2.29. The lowest BCUT2D eigenvalue weighted by molar-refractivity contribution is -0.148. The first kappa shape index (κ1) is 16.1. The molecule has 1 aliphatic carbocycles. The van der Waals surface area contributed by atoms with Gasteiger partial charge in [0, 0.05) is 12.6 Å². The molecule has 6 heteroatoms. The van der Waals surface area contributed by atoms with Crippen molar-refractivity contribution in [2.24, 2.45) is 5.41 Å². The molecule has 0 bridgehead atoms. The van der Waals surface area contributed by atoms with Crippen LogP contribution < -0.4 is 5.32 Å². The molecule has 0 radical (unpaired) electrons. The number of urea groups is 1. The minimum absolute atomic E-state index is 0.142. The second-order valence-electron chi connectivity index (χ2n) is 6.32.